The minimum absolute atomic E-state index is 0.597. The van der Waals surface area contributed by atoms with Crippen molar-refractivity contribution in [2.75, 3.05) is 7.11 Å². The van der Waals surface area contributed by atoms with E-state index >= 15 is 0 Å². The summed E-state index contributed by atoms with van der Waals surface area (Å²) in [5.74, 6) is 0.597. The van der Waals surface area contributed by atoms with E-state index in [-0.39, 0.29) is 0 Å². The monoisotopic (exact) mass is 99.1 g/mol. The molecule has 7 heavy (non-hydrogen) atoms. The van der Waals surface area contributed by atoms with Gasteiger partial charge in [0.05, 0.1) is 7.11 Å². The minimum atomic E-state index is 0.597. The van der Waals surface area contributed by atoms with E-state index in [4.69, 9.17) is 5.73 Å². The number of allylic oxidation sites excluding steroid dienone is 1. The maximum Gasteiger partial charge on any atom is 0.133 e. The number of nitrogens with two attached hydrogens (primary N) is 1. The van der Waals surface area contributed by atoms with Crippen LogP contribution >= 0.6 is 0 Å². The first-order valence-corrected chi connectivity index (χ1v) is 1.93. The molecule has 0 saturated carbocycles. The highest BCUT2D eigenvalue weighted by Crippen LogP contribution is 1.89. The van der Waals surface area contributed by atoms with Crippen LogP contribution in [0.4, 0.5) is 0 Å². The SMILES string of the molecule is C=C/C(=C/N)OC. The third kappa shape index (κ3) is 1.87. The fourth-order valence-electron chi connectivity index (χ4n) is 0.219. The first kappa shape index (κ1) is 6.08. The first-order valence-electron chi connectivity index (χ1n) is 1.93. The molecule has 0 saturated heterocycles. The van der Waals surface area contributed by atoms with Crippen LogP contribution in [0, 0.1) is 0 Å². The van der Waals surface area contributed by atoms with Crippen LogP contribution < -0.4 is 5.73 Å². The second-order valence-electron chi connectivity index (χ2n) is 0.977. The van der Waals surface area contributed by atoms with Crippen molar-refractivity contribution in [2.24, 2.45) is 5.73 Å². The minimum Gasteiger partial charge on any atom is -0.495 e. The van der Waals surface area contributed by atoms with E-state index in [1.807, 2.05) is 0 Å². The van der Waals surface area contributed by atoms with E-state index in [0.29, 0.717) is 5.76 Å². The molecule has 0 aliphatic rings. The lowest BCUT2D eigenvalue weighted by Gasteiger charge is -1.93. The van der Waals surface area contributed by atoms with E-state index in [2.05, 4.69) is 11.3 Å². The molecular weight excluding hydrogens is 90.1 g/mol. The molecular formula is C5H9NO. The average Bonchev–Trinajstić information content (AvgIpc) is 1.72. The predicted octanol–water partition coefficient (Wildman–Crippen LogP) is 0.619. The van der Waals surface area contributed by atoms with E-state index in [9.17, 15) is 0 Å². The van der Waals surface area contributed by atoms with Crippen molar-refractivity contribution >= 4 is 0 Å². The molecule has 0 fully saturated rings. The molecule has 2 N–H and O–H groups in total. The molecule has 0 unspecified atom stereocenters. The zero-order valence-electron chi connectivity index (χ0n) is 4.35. The molecule has 0 radical (unpaired) electrons. The Bertz CT molecular complexity index is 86.1. The van der Waals surface area contributed by atoms with Gasteiger partial charge in [0.25, 0.3) is 0 Å². The molecule has 0 heterocycles. The third-order valence-corrected chi connectivity index (χ3v) is 0.601. The van der Waals surface area contributed by atoms with Crippen molar-refractivity contribution in [2.45, 2.75) is 0 Å². The zero-order valence-corrected chi connectivity index (χ0v) is 4.35. The quantitative estimate of drug-likeness (QED) is 0.407. The molecule has 2 nitrogen and oxygen atoms in total. The highest BCUT2D eigenvalue weighted by Gasteiger charge is 1.78. The van der Waals surface area contributed by atoms with Crippen molar-refractivity contribution < 1.29 is 4.74 Å². The summed E-state index contributed by atoms with van der Waals surface area (Å²) in [5.41, 5.74) is 5.04. The molecule has 0 aromatic heterocycles. The highest BCUT2D eigenvalue weighted by atomic mass is 16.5. The maximum absolute atomic E-state index is 5.04. The molecule has 0 aromatic carbocycles. The largest absolute Gasteiger partial charge is 0.495 e. The lowest BCUT2D eigenvalue weighted by molar-refractivity contribution is 0.306. The summed E-state index contributed by atoms with van der Waals surface area (Å²) in [4.78, 5) is 0. The molecule has 0 spiro atoms. The standard InChI is InChI=1S/C5H9NO/c1-3-5(4-6)7-2/h3-4H,1,6H2,2H3/b5-4-. The van der Waals surface area contributed by atoms with Gasteiger partial charge >= 0.3 is 0 Å². The van der Waals surface area contributed by atoms with Crippen molar-refractivity contribution in [3.63, 3.8) is 0 Å². The fraction of sp³-hybridized carbons (Fsp3) is 0.200. The van der Waals surface area contributed by atoms with Crippen LogP contribution in [0.5, 0.6) is 0 Å². The van der Waals surface area contributed by atoms with Crippen molar-refractivity contribution in [3.8, 4) is 0 Å². The van der Waals surface area contributed by atoms with Crippen LogP contribution in [-0.2, 0) is 4.74 Å². The topological polar surface area (TPSA) is 35.2 Å². The Kier molecular flexibility index (Phi) is 2.85. The van der Waals surface area contributed by atoms with Crippen LogP contribution in [0.2, 0.25) is 0 Å². The smallest absolute Gasteiger partial charge is 0.133 e. The Morgan fingerprint density at radius 2 is 2.43 bits per heavy atom. The Morgan fingerprint density at radius 3 is 2.43 bits per heavy atom. The van der Waals surface area contributed by atoms with Gasteiger partial charge in [-0.25, -0.2) is 0 Å². The summed E-state index contributed by atoms with van der Waals surface area (Å²) >= 11 is 0. The van der Waals surface area contributed by atoms with E-state index in [0.717, 1.165) is 0 Å². The van der Waals surface area contributed by atoms with Crippen LogP contribution in [-0.4, -0.2) is 7.11 Å². The van der Waals surface area contributed by atoms with Gasteiger partial charge in [0.1, 0.15) is 5.76 Å². The number of hydrogen-bond acceptors (Lipinski definition) is 2. The summed E-state index contributed by atoms with van der Waals surface area (Å²) in [6.45, 7) is 3.43. The van der Waals surface area contributed by atoms with E-state index in [1.54, 1.807) is 13.2 Å². The Hall–Kier alpha value is -0.920. The van der Waals surface area contributed by atoms with Crippen LogP contribution in [0.1, 0.15) is 0 Å². The molecule has 0 atom stereocenters. The second kappa shape index (κ2) is 3.28. The zero-order chi connectivity index (χ0) is 5.70. The lowest BCUT2D eigenvalue weighted by Crippen LogP contribution is -1.86. The highest BCUT2D eigenvalue weighted by molar-refractivity contribution is 5.05. The van der Waals surface area contributed by atoms with Crippen molar-refractivity contribution in [1.29, 1.82) is 0 Å². The molecule has 0 rings (SSSR count). The van der Waals surface area contributed by atoms with E-state index in [1.165, 1.54) is 6.20 Å². The number of ether oxygens (including phenoxy) is 1. The first-order chi connectivity index (χ1) is 3.35. The van der Waals surface area contributed by atoms with Gasteiger partial charge in [0, 0.05) is 6.20 Å². The van der Waals surface area contributed by atoms with Gasteiger partial charge in [0.2, 0.25) is 0 Å². The second-order valence-corrected chi connectivity index (χ2v) is 0.977. The summed E-state index contributed by atoms with van der Waals surface area (Å²) in [6.07, 6.45) is 2.90. The van der Waals surface area contributed by atoms with E-state index < -0.39 is 0 Å². The molecule has 0 aliphatic carbocycles. The summed E-state index contributed by atoms with van der Waals surface area (Å²) < 4.78 is 4.67. The van der Waals surface area contributed by atoms with Gasteiger partial charge in [-0.2, -0.15) is 0 Å². The van der Waals surface area contributed by atoms with Gasteiger partial charge in [-0.15, -0.1) is 0 Å². The molecule has 0 amide bonds. The van der Waals surface area contributed by atoms with Gasteiger partial charge in [-0.1, -0.05) is 6.58 Å². The average molecular weight is 99.1 g/mol. The van der Waals surface area contributed by atoms with Crippen molar-refractivity contribution in [1.82, 2.24) is 0 Å². The Labute approximate surface area is 43.3 Å². The molecule has 0 bridgehead atoms. The molecule has 2 heteroatoms. The maximum atomic E-state index is 5.04. The van der Waals surface area contributed by atoms with Crippen LogP contribution in [0.3, 0.4) is 0 Å². The summed E-state index contributed by atoms with van der Waals surface area (Å²) in [6, 6.07) is 0. The van der Waals surface area contributed by atoms with Gasteiger partial charge in [-0.3, -0.25) is 0 Å². The number of rotatable bonds is 2. The van der Waals surface area contributed by atoms with Gasteiger partial charge in [-0.05, 0) is 6.08 Å². The van der Waals surface area contributed by atoms with Gasteiger partial charge < -0.3 is 10.5 Å². The van der Waals surface area contributed by atoms with Crippen LogP contribution in [0.25, 0.3) is 0 Å². The van der Waals surface area contributed by atoms with Crippen LogP contribution in [0.15, 0.2) is 24.6 Å². The number of hydrogen-bond donors (Lipinski definition) is 1. The number of methoxy groups -OCH3 is 1. The Balaban J connectivity index is 3.60. The normalized spacial score (nSPS) is 10.7. The molecule has 0 aromatic rings. The molecule has 40 valence electrons. The van der Waals surface area contributed by atoms with Crippen molar-refractivity contribution in [3.05, 3.63) is 24.6 Å². The lowest BCUT2D eigenvalue weighted by atomic mass is 10.5. The van der Waals surface area contributed by atoms with Gasteiger partial charge in [0.15, 0.2) is 0 Å². The molecule has 0 aliphatic heterocycles. The summed E-state index contributed by atoms with van der Waals surface area (Å²) in [7, 11) is 1.54. The Morgan fingerprint density at radius 1 is 1.86 bits per heavy atom. The summed E-state index contributed by atoms with van der Waals surface area (Å²) in [5, 5.41) is 0. The predicted molar refractivity (Wildman–Crippen MR) is 29.5 cm³/mol. The fourth-order valence-corrected chi connectivity index (χ4v) is 0.219. The third-order valence-electron chi connectivity index (χ3n) is 0.601.